The molecule has 0 aliphatic rings. The van der Waals surface area contributed by atoms with Gasteiger partial charge in [0, 0.05) is 30.5 Å². The maximum Gasteiger partial charge on any atom is 0.315 e. The molecule has 7 heteroatoms. The van der Waals surface area contributed by atoms with Gasteiger partial charge >= 0.3 is 6.03 Å². The predicted molar refractivity (Wildman–Crippen MR) is 85.8 cm³/mol. The standard InChI is InChI=1S/C15H18N4O2S/c1-10-19-13(9-22-10)5-6-17-15(21)18-8-11-3-2-4-12(7-11)14(16)20/h2-4,7,9H,5-6,8H2,1H3,(H2,16,20)(H2,17,18,21). The first-order valence-corrected chi connectivity index (χ1v) is 7.74. The van der Waals surface area contributed by atoms with Gasteiger partial charge in [0.2, 0.25) is 5.91 Å². The molecule has 0 unspecified atom stereocenters. The van der Waals surface area contributed by atoms with Crippen LogP contribution in [0.4, 0.5) is 4.79 Å². The minimum absolute atomic E-state index is 0.253. The van der Waals surface area contributed by atoms with Crippen LogP contribution in [0.3, 0.4) is 0 Å². The van der Waals surface area contributed by atoms with Gasteiger partial charge in [0.05, 0.1) is 10.7 Å². The van der Waals surface area contributed by atoms with Crippen LogP contribution in [0.5, 0.6) is 0 Å². The first kappa shape index (κ1) is 16.0. The van der Waals surface area contributed by atoms with Crippen LogP contribution < -0.4 is 16.4 Å². The molecule has 22 heavy (non-hydrogen) atoms. The largest absolute Gasteiger partial charge is 0.366 e. The lowest BCUT2D eigenvalue weighted by Crippen LogP contribution is -2.36. The van der Waals surface area contributed by atoms with Gasteiger partial charge in [-0.05, 0) is 24.6 Å². The smallest absolute Gasteiger partial charge is 0.315 e. The number of aromatic nitrogens is 1. The van der Waals surface area contributed by atoms with E-state index in [-0.39, 0.29) is 6.03 Å². The van der Waals surface area contributed by atoms with Crippen molar-refractivity contribution in [1.82, 2.24) is 15.6 Å². The van der Waals surface area contributed by atoms with E-state index in [1.165, 1.54) is 0 Å². The number of hydrogen-bond donors (Lipinski definition) is 3. The molecule has 116 valence electrons. The zero-order valence-electron chi connectivity index (χ0n) is 12.3. The van der Waals surface area contributed by atoms with E-state index in [4.69, 9.17) is 5.73 Å². The van der Waals surface area contributed by atoms with Crippen molar-refractivity contribution >= 4 is 23.3 Å². The number of nitrogens with two attached hydrogens (primary N) is 1. The van der Waals surface area contributed by atoms with Gasteiger partial charge in [-0.25, -0.2) is 9.78 Å². The van der Waals surface area contributed by atoms with Crippen molar-refractivity contribution in [1.29, 1.82) is 0 Å². The van der Waals surface area contributed by atoms with Gasteiger partial charge in [0.15, 0.2) is 0 Å². The van der Waals surface area contributed by atoms with E-state index in [1.807, 2.05) is 18.4 Å². The second-order valence-electron chi connectivity index (χ2n) is 4.78. The van der Waals surface area contributed by atoms with E-state index in [2.05, 4.69) is 15.6 Å². The Morgan fingerprint density at radius 1 is 1.32 bits per heavy atom. The van der Waals surface area contributed by atoms with Gasteiger partial charge in [0.1, 0.15) is 0 Å². The fraction of sp³-hybridized carbons (Fsp3) is 0.267. The lowest BCUT2D eigenvalue weighted by molar-refractivity contribution is 0.1000. The summed E-state index contributed by atoms with van der Waals surface area (Å²) in [5, 5.41) is 8.52. The van der Waals surface area contributed by atoms with Gasteiger partial charge in [0.25, 0.3) is 0 Å². The van der Waals surface area contributed by atoms with E-state index in [9.17, 15) is 9.59 Å². The molecule has 0 spiro atoms. The van der Waals surface area contributed by atoms with Crippen molar-refractivity contribution < 1.29 is 9.59 Å². The van der Waals surface area contributed by atoms with Gasteiger partial charge in [-0.2, -0.15) is 0 Å². The summed E-state index contributed by atoms with van der Waals surface area (Å²) in [7, 11) is 0. The Balaban J connectivity index is 1.73. The molecule has 1 aromatic carbocycles. The molecule has 2 rings (SSSR count). The molecule has 4 N–H and O–H groups in total. The number of benzene rings is 1. The second-order valence-corrected chi connectivity index (χ2v) is 5.84. The molecule has 0 aliphatic heterocycles. The lowest BCUT2D eigenvalue weighted by atomic mass is 10.1. The predicted octanol–water partition coefficient (Wildman–Crippen LogP) is 1.59. The average molecular weight is 318 g/mol. The van der Waals surface area contributed by atoms with Crippen LogP contribution in [0.15, 0.2) is 29.6 Å². The molecule has 0 atom stereocenters. The highest BCUT2D eigenvalue weighted by atomic mass is 32.1. The Morgan fingerprint density at radius 3 is 2.82 bits per heavy atom. The molecular formula is C15H18N4O2S. The van der Waals surface area contributed by atoms with Crippen molar-refractivity contribution in [3.05, 3.63) is 51.5 Å². The Hall–Kier alpha value is -2.41. The third-order valence-corrected chi connectivity index (χ3v) is 3.82. The zero-order chi connectivity index (χ0) is 15.9. The molecule has 2 aromatic rings. The highest BCUT2D eigenvalue weighted by Gasteiger charge is 2.04. The SMILES string of the molecule is Cc1nc(CCNC(=O)NCc2cccc(C(N)=O)c2)cs1. The highest BCUT2D eigenvalue weighted by molar-refractivity contribution is 7.09. The average Bonchev–Trinajstić information content (AvgIpc) is 2.91. The Kier molecular flexibility index (Phi) is 5.48. The van der Waals surface area contributed by atoms with Crippen molar-refractivity contribution in [3.63, 3.8) is 0 Å². The first-order chi connectivity index (χ1) is 10.5. The Morgan fingerprint density at radius 2 is 2.14 bits per heavy atom. The summed E-state index contributed by atoms with van der Waals surface area (Å²) in [6.45, 7) is 2.81. The van der Waals surface area contributed by atoms with E-state index in [1.54, 1.807) is 29.5 Å². The van der Waals surface area contributed by atoms with Crippen LogP contribution >= 0.6 is 11.3 Å². The summed E-state index contributed by atoms with van der Waals surface area (Å²) in [6, 6.07) is 6.61. The number of carbonyl (C=O) groups excluding carboxylic acids is 2. The number of rotatable bonds is 6. The lowest BCUT2D eigenvalue weighted by Gasteiger charge is -2.07. The fourth-order valence-electron chi connectivity index (χ4n) is 1.91. The van der Waals surface area contributed by atoms with Crippen molar-refractivity contribution in [2.24, 2.45) is 5.73 Å². The summed E-state index contributed by atoms with van der Waals surface area (Å²) in [4.78, 5) is 27.1. The molecule has 0 aliphatic carbocycles. The topological polar surface area (TPSA) is 97.1 Å². The van der Waals surface area contributed by atoms with E-state index < -0.39 is 5.91 Å². The molecule has 1 aromatic heterocycles. The molecule has 0 bridgehead atoms. The number of primary amides is 1. The van der Waals surface area contributed by atoms with Gasteiger partial charge < -0.3 is 16.4 Å². The summed E-state index contributed by atoms with van der Waals surface area (Å²) in [5.41, 5.74) is 7.45. The Bertz CT molecular complexity index is 669. The monoisotopic (exact) mass is 318 g/mol. The van der Waals surface area contributed by atoms with Gasteiger partial charge in [-0.1, -0.05) is 12.1 Å². The van der Waals surface area contributed by atoms with Crippen LogP contribution in [0.1, 0.15) is 26.6 Å². The number of thiazole rings is 1. The van der Waals surface area contributed by atoms with Crippen LogP contribution in [-0.4, -0.2) is 23.5 Å². The molecule has 0 saturated heterocycles. The van der Waals surface area contributed by atoms with Crippen LogP contribution in [0, 0.1) is 6.92 Å². The summed E-state index contributed by atoms with van der Waals surface area (Å²) in [6.07, 6.45) is 0.703. The molecular weight excluding hydrogens is 300 g/mol. The minimum Gasteiger partial charge on any atom is -0.366 e. The van der Waals surface area contributed by atoms with Crippen molar-refractivity contribution in [2.45, 2.75) is 19.9 Å². The highest BCUT2D eigenvalue weighted by Crippen LogP contribution is 2.07. The first-order valence-electron chi connectivity index (χ1n) is 6.86. The molecule has 0 saturated carbocycles. The maximum absolute atomic E-state index is 11.7. The van der Waals surface area contributed by atoms with Gasteiger partial charge in [-0.15, -0.1) is 11.3 Å². The van der Waals surface area contributed by atoms with Gasteiger partial charge in [-0.3, -0.25) is 4.79 Å². The number of carbonyl (C=O) groups is 2. The number of hydrogen-bond acceptors (Lipinski definition) is 4. The zero-order valence-corrected chi connectivity index (χ0v) is 13.1. The molecule has 0 radical (unpaired) electrons. The third-order valence-electron chi connectivity index (χ3n) is 3.00. The van der Waals surface area contributed by atoms with E-state index in [0.29, 0.717) is 25.1 Å². The number of urea groups is 1. The quantitative estimate of drug-likeness (QED) is 0.754. The van der Waals surface area contributed by atoms with Crippen molar-refractivity contribution in [2.75, 3.05) is 6.54 Å². The number of nitrogens with zero attached hydrogens (tertiary/aromatic N) is 1. The third kappa shape index (κ3) is 4.85. The number of nitrogens with one attached hydrogen (secondary N) is 2. The Labute approximate surface area is 132 Å². The fourth-order valence-corrected chi connectivity index (χ4v) is 2.55. The molecule has 0 fully saturated rings. The van der Waals surface area contributed by atoms with Crippen LogP contribution in [0.2, 0.25) is 0 Å². The van der Waals surface area contributed by atoms with Crippen LogP contribution in [0.25, 0.3) is 0 Å². The second kappa shape index (κ2) is 7.56. The molecule has 1 heterocycles. The van der Waals surface area contributed by atoms with Crippen molar-refractivity contribution in [3.8, 4) is 0 Å². The van der Waals surface area contributed by atoms with Crippen LogP contribution in [-0.2, 0) is 13.0 Å². The summed E-state index contributed by atoms with van der Waals surface area (Å²) in [5.74, 6) is -0.482. The maximum atomic E-state index is 11.7. The normalized spacial score (nSPS) is 10.2. The number of amides is 3. The van der Waals surface area contributed by atoms with E-state index in [0.717, 1.165) is 16.3 Å². The summed E-state index contributed by atoms with van der Waals surface area (Å²) >= 11 is 1.60. The summed E-state index contributed by atoms with van der Waals surface area (Å²) < 4.78 is 0. The molecule has 6 nitrogen and oxygen atoms in total. The van der Waals surface area contributed by atoms with E-state index >= 15 is 0 Å². The number of aryl methyl sites for hydroxylation is 1. The minimum atomic E-state index is -0.482. The molecule has 3 amide bonds.